The van der Waals surface area contributed by atoms with Crippen molar-refractivity contribution in [2.24, 2.45) is 5.73 Å². The average molecular weight is 314 g/mol. The van der Waals surface area contributed by atoms with Gasteiger partial charge in [-0.1, -0.05) is 12.1 Å². The van der Waals surface area contributed by atoms with Gasteiger partial charge in [-0.3, -0.25) is 9.59 Å². The molecule has 3 N–H and O–H groups in total. The first-order valence-corrected chi connectivity index (χ1v) is 7.02. The maximum absolute atomic E-state index is 11.9. The minimum atomic E-state index is -0.300. The molecule has 0 unspecified atom stereocenters. The number of benzene rings is 2. The number of ketones is 1. The Morgan fingerprint density at radius 3 is 2.48 bits per heavy atom. The fourth-order valence-corrected chi connectivity index (χ4v) is 1.90. The van der Waals surface area contributed by atoms with Gasteiger partial charge in [0.2, 0.25) is 0 Å². The van der Waals surface area contributed by atoms with E-state index in [9.17, 15) is 9.59 Å². The van der Waals surface area contributed by atoms with Crippen LogP contribution in [0.15, 0.2) is 48.5 Å². The van der Waals surface area contributed by atoms with Crippen LogP contribution in [0.1, 0.15) is 10.4 Å². The fourth-order valence-electron chi connectivity index (χ4n) is 1.90. The molecule has 0 bridgehead atoms. The summed E-state index contributed by atoms with van der Waals surface area (Å²) in [6.07, 6.45) is 0. The average Bonchev–Trinajstić information content (AvgIpc) is 2.60. The number of rotatable bonds is 7. The Kier molecular flexibility index (Phi) is 5.71. The SMILES string of the molecule is COc1ccc(NC(=O)COc2cccc(C(=O)CN)c2)cc1. The molecular weight excluding hydrogens is 296 g/mol. The lowest BCUT2D eigenvalue weighted by molar-refractivity contribution is -0.118. The first-order chi connectivity index (χ1) is 11.1. The number of carbonyl (C=O) groups excluding carboxylic acids is 2. The van der Waals surface area contributed by atoms with Gasteiger partial charge in [0, 0.05) is 11.3 Å². The molecule has 0 saturated carbocycles. The molecule has 6 heteroatoms. The molecule has 0 fully saturated rings. The Balaban J connectivity index is 1.89. The van der Waals surface area contributed by atoms with Crippen LogP contribution >= 0.6 is 0 Å². The second kappa shape index (κ2) is 7.95. The van der Waals surface area contributed by atoms with Crippen molar-refractivity contribution in [3.8, 4) is 11.5 Å². The molecule has 0 spiro atoms. The molecule has 0 aliphatic rings. The summed E-state index contributed by atoms with van der Waals surface area (Å²) in [5.41, 5.74) is 6.42. The Morgan fingerprint density at radius 2 is 1.83 bits per heavy atom. The Bertz CT molecular complexity index is 683. The molecule has 0 radical (unpaired) electrons. The first-order valence-electron chi connectivity index (χ1n) is 7.02. The standard InChI is InChI=1S/C17H18N2O4/c1-22-14-7-5-13(6-8-14)19-17(21)11-23-15-4-2-3-12(9-15)16(20)10-18/h2-9H,10-11,18H2,1H3,(H,19,21). The van der Waals surface area contributed by atoms with Gasteiger partial charge in [0.1, 0.15) is 11.5 Å². The predicted molar refractivity (Wildman–Crippen MR) is 86.9 cm³/mol. The van der Waals surface area contributed by atoms with Crippen molar-refractivity contribution in [3.05, 3.63) is 54.1 Å². The van der Waals surface area contributed by atoms with E-state index in [1.807, 2.05) is 0 Å². The number of hydrogen-bond donors (Lipinski definition) is 2. The third kappa shape index (κ3) is 4.82. The number of anilines is 1. The van der Waals surface area contributed by atoms with Crippen LogP contribution in [0.2, 0.25) is 0 Å². The molecule has 2 rings (SSSR count). The van der Waals surface area contributed by atoms with Crippen LogP contribution in [-0.2, 0) is 4.79 Å². The molecule has 2 aromatic carbocycles. The zero-order valence-corrected chi connectivity index (χ0v) is 12.7. The van der Waals surface area contributed by atoms with E-state index in [2.05, 4.69) is 5.32 Å². The van der Waals surface area contributed by atoms with Crippen LogP contribution in [0.5, 0.6) is 11.5 Å². The minimum Gasteiger partial charge on any atom is -0.497 e. The number of amides is 1. The van der Waals surface area contributed by atoms with Gasteiger partial charge in [0.05, 0.1) is 13.7 Å². The van der Waals surface area contributed by atoms with Crippen molar-refractivity contribution in [2.75, 3.05) is 25.6 Å². The molecule has 0 aliphatic carbocycles. The molecule has 2 aromatic rings. The molecule has 6 nitrogen and oxygen atoms in total. The Morgan fingerprint density at radius 1 is 1.09 bits per heavy atom. The van der Waals surface area contributed by atoms with Gasteiger partial charge in [-0.15, -0.1) is 0 Å². The van der Waals surface area contributed by atoms with E-state index >= 15 is 0 Å². The van der Waals surface area contributed by atoms with Gasteiger partial charge in [0.15, 0.2) is 12.4 Å². The zero-order valence-electron chi connectivity index (χ0n) is 12.7. The summed E-state index contributed by atoms with van der Waals surface area (Å²) in [6, 6.07) is 13.5. The highest BCUT2D eigenvalue weighted by Gasteiger charge is 2.07. The van der Waals surface area contributed by atoms with Crippen LogP contribution in [0.25, 0.3) is 0 Å². The lowest BCUT2D eigenvalue weighted by atomic mass is 10.1. The van der Waals surface area contributed by atoms with E-state index in [4.69, 9.17) is 15.2 Å². The number of ether oxygens (including phenoxy) is 2. The number of carbonyl (C=O) groups is 2. The van der Waals surface area contributed by atoms with E-state index in [0.29, 0.717) is 22.7 Å². The summed E-state index contributed by atoms with van der Waals surface area (Å²) >= 11 is 0. The van der Waals surface area contributed by atoms with Crippen LogP contribution in [-0.4, -0.2) is 32.0 Å². The molecule has 120 valence electrons. The number of nitrogens with two attached hydrogens (primary N) is 1. The van der Waals surface area contributed by atoms with Gasteiger partial charge in [-0.05, 0) is 36.4 Å². The summed E-state index contributed by atoms with van der Waals surface area (Å²) in [6.45, 7) is -0.228. The summed E-state index contributed by atoms with van der Waals surface area (Å²) in [5.74, 6) is 0.665. The van der Waals surface area contributed by atoms with Gasteiger partial charge >= 0.3 is 0 Å². The van der Waals surface area contributed by atoms with Gasteiger partial charge in [-0.25, -0.2) is 0 Å². The van der Waals surface area contributed by atoms with Crippen molar-refractivity contribution in [1.29, 1.82) is 0 Å². The number of nitrogens with one attached hydrogen (secondary N) is 1. The molecule has 0 heterocycles. The monoisotopic (exact) mass is 314 g/mol. The van der Waals surface area contributed by atoms with Crippen molar-refractivity contribution in [2.45, 2.75) is 0 Å². The largest absolute Gasteiger partial charge is 0.497 e. The normalized spacial score (nSPS) is 10.0. The summed E-state index contributed by atoms with van der Waals surface area (Å²) in [4.78, 5) is 23.4. The lowest BCUT2D eigenvalue weighted by Crippen LogP contribution is -2.20. The smallest absolute Gasteiger partial charge is 0.262 e. The van der Waals surface area contributed by atoms with Crippen molar-refractivity contribution >= 4 is 17.4 Å². The number of methoxy groups -OCH3 is 1. The maximum atomic E-state index is 11.9. The highest BCUT2D eigenvalue weighted by molar-refractivity contribution is 5.97. The zero-order chi connectivity index (χ0) is 16.7. The molecule has 0 aliphatic heterocycles. The van der Waals surface area contributed by atoms with Crippen LogP contribution in [0, 0.1) is 0 Å². The molecule has 0 atom stereocenters. The van der Waals surface area contributed by atoms with Crippen molar-refractivity contribution < 1.29 is 19.1 Å². The minimum absolute atomic E-state index is 0.0680. The van der Waals surface area contributed by atoms with Crippen LogP contribution in [0.4, 0.5) is 5.69 Å². The van der Waals surface area contributed by atoms with E-state index in [0.717, 1.165) is 0 Å². The first kappa shape index (κ1) is 16.5. The highest BCUT2D eigenvalue weighted by atomic mass is 16.5. The Hall–Kier alpha value is -2.86. The molecular formula is C17H18N2O4. The van der Waals surface area contributed by atoms with E-state index in [-0.39, 0.29) is 24.8 Å². The highest BCUT2D eigenvalue weighted by Crippen LogP contribution is 2.16. The Labute approximate surface area is 134 Å². The quantitative estimate of drug-likeness (QED) is 0.761. The fraction of sp³-hybridized carbons (Fsp3) is 0.176. The van der Waals surface area contributed by atoms with Crippen molar-refractivity contribution in [3.63, 3.8) is 0 Å². The van der Waals surface area contributed by atoms with Gasteiger partial charge in [-0.2, -0.15) is 0 Å². The summed E-state index contributed by atoms with van der Waals surface area (Å²) in [7, 11) is 1.57. The van der Waals surface area contributed by atoms with Crippen LogP contribution < -0.4 is 20.5 Å². The van der Waals surface area contributed by atoms with Crippen LogP contribution in [0.3, 0.4) is 0 Å². The lowest BCUT2D eigenvalue weighted by Gasteiger charge is -2.09. The number of hydrogen-bond acceptors (Lipinski definition) is 5. The molecule has 1 amide bonds. The van der Waals surface area contributed by atoms with Gasteiger partial charge in [0.25, 0.3) is 5.91 Å². The predicted octanol–water partition coefficient (Wildman–Crippen LogP) is 1.85. The number of Topliss-reactive ketones (excluding diaryl/α,β-unsaturated/α-hetero) is 1. The third-order valence-electron chi connectivity index (χ3n) is 3.09. The topological polar surface area (TPSA) is 90.6 Å². The van der Waals surface area contributed by atoms with Gasteiger partial charge < -0.3 is 20.5 Å². The molecule has 23 heavy (non-hydrogen) atoms. The molecule has 0 aromatic heterocycles. The van der Waals surface area contributed by atoms with E-state index in [1.165, 1.54) is 0 Å². The third-order valence-corrected chi connectivity index (χ3v) is 3.09. The van der Waals surface area contributed by atoms with E-state index in [1.54, 1.807) is 55.6 Å². The van der Waals surface area contributed by atoms with E-state index < -0.39 is 0 Å². The molecule has 0 saturated heterocycles. The van der Waals surface area contributed by atoms with Crippen molar-refractivity contribution in [1.82, 2.24) is 0 Å². The second-order valence-corrected chi connectivity index (χ2v) is 4.72. The summed E-state index contributed by atoms with van der Waals surface area (Å²) in [5, 5.41) is 2.71. The maximum Gasteiger partial charge on any atom is 0.262 e. The second-order valence-electron chi connectivity index (χ2n) is 4.72. The summed E-state index contributed by atoms with van der Waals surface area (Å²) < 4.78 is 10.4.